The van der Waals surface area contributed by atoms with E-state index in [2.05, 4.69) is 10.3 Å². The van der Waals surface area contributed by atoms with E-state index >= 15 is 0 Å². The van der Waals surface area contributed by atoms with E-state index in [1.165, 1.54) is 12.8 Å². The molecular weight excluding hydrogens is 250 g/mol. The van der Waals surface area contributed by atoms with Crippen LogP contribution in [0.5, 0.6) is 0 Å². The third-order valence-electron chi connectivity index (χ3n) is 4.00. The highest BCUT2D eigenvalue weighted by molar-refractivity contribution is 5.95. The molecule has 1 aromatic heterocycles. The largest absolute Gasteiger partial charge is 0.339 e. The van der Waals surface area contributed by atoms with Gasteiger partial charge in [0.05, 0.1) is 11.3 Å². The highest BCUT2D eigenvalue weighted by atomic mass is 16.2. The fourth-order valence-corrected chi connectivity index (χ4v) is 2.83. The number of rotatable bonds is 4. The number of amides is 1. The second kappa shape index (κ2) is 6.84. The van der Waals surface area contributed by atoms with Crippen LogP contribution in [0, 0.1) is 19.8 Å². The van der Waals surface area contributed by atoms with Crippen molar-refractivity contribution in [1.29, 1.82) is 0 Å². The van der Waals surface area contributed by atoms with Crippen LogP contribution in [0.1, 0.15) is 41.5 Å². The third-order valence-corrected chi connectivity index (χ3v) is 4.00. The molecule has 4 heteroatoms. The van der Waals surface area contributed by atoms with Crippen LogP contribution in [-0.2, 0) is 0 Å². The lowest BCUT2D eigenvalue weighted by Gasteiger charge is -2.29. The van der Waals surface area contributed by atoms with Crippen LogP contribution in [0.3, 0.4) is 0 Å². The Hall–Kier alpha value is -1.42. The molecule has 1 aromatic rings. The average Bonchev–Trinajstić information content (AvgIpc) is 2.45. The maximum Gasteiger partial charge on any atom is 0.255 e. The molecule has 1 amide bonds. The highest BCUT2D eigenvalue weighted by Gasteiger charge is 2.21. The van der Waals surface area contributed by atoms with E-state index in [4.69, 9.17) is 0 Å². The van der Waals surface area contributed by atoms with E-state index < -0.39 is 0 Å². The zero-order chi connectivity index (χ0) is 14.5. The van der Waals surface area contributed by atoms with E-state index in [9.17, 15) is 4.79 Å². The SMILES string of the molecule is CCN(CC1CCCNC1)C(=O)c1ccc(C)nc1C. The van der Waals surface area contributed by atoms with Gasteiger partial charge < -0.3 is 10.2 Å². The molecule has 1 aliphatic heterocycles. The van der Waals surface area contributed by atoms with E-state index in [-0.39, 0.29) is 5.91 Å². The van der Waals surface area contributed by atoms with Crippen LogP contribution in [0.15, 0.2) is 12.1 Å². The number of aryl methyl sites for hydroxylation is 2. The Kier molecular flexibility index (Phi) is 5.12. The van der Waals surface area contributed by atoms with Gasteiger partial charge >= 0.3 is 0 Å². The van der Waals surface area contributed by atoms with Crippen molar-refractivity contribution in [1.82, 2.24) is 15.2 Å². The van der Waals surface area contributed by atoms with Gasteiger partial charge in [0.1, 0.15) is 0 Å². The summed E-state index contributed by atoms with van der Waals surface area (Å²) in [5.74, 6) is 0.689. The summed E-state index contributed by atoms with van der Waals surface area (Å²) >= 11 is 0. The summed E-state index contributed by atoms with van der Waals surface area (Å²) in [7, 11) is 0. The van der Waals surface area contributed by atoms with Gasteiger partial charge in [-0.15, -0.1) is 0 Å². The summed E-state index contributed by atoms with van der Waals surface area (Å²) in [5.41, 5.74) is 2.52. The Balaban J connectivity index is 2.07. The summed E-state index contributed by atoms with van der Waals surface area (Å²) < 4.78 is 0. The van der Waals surface area contributed by atoms with Gasteiger partial charge in [0, 0.05) is 18.8 Å². The van der Waals surface area contributed by atoms with Crippen molar-refractivity contribution in [3.05, 3.63) is 29.1 Å². The number of carbonyl (C=O) groups is 1. The lowest BCUT2D eigenvalue weighted by atomic mass is 9.98. The van der Waals surface area contributed by atoms with E-state index in [1.54, 1.807) is 0 Å². The van der Waals surface area contributed by atoms with Gasteiger partial charge in [0.25, 0.3) is 5.91 Å². The first-order valence-corrected chi connectivity index (χ1v) is 7.56. The molecule has 1 atom stereocenters. The molecular formula is C16H25N3O. The number of aromatic nitrogens is 1. The minimum atomic E-state index is 0.114. The first kappa shape index (κ1) is 15.0. The van der Waals surface area contributed by atoms with Crippen molar-refractivity contribution >= 4 is 5.91 Å². The summed E-state index contributed by atoms with van der Waals surface area (Å²) in [6, 6.07) is 3.82. The van der Waals surface area contributed by atoms with E-state index in [0.717, 1.165) is 43.1 Å². The zero-order valence-corrected chi connectivity index (χ0v) is 12.8. The minimum Gasteiger partial charge on any atom is -0.339 e. The second-order valence-electron chi connectivity index (χ2n) is 5.64. The molecule has 0 spiro atoms. The molecule has 4 nitrogen and oxygen atoms in total. The molecule has 20 heavy (non-hydrogen) atoms. The average molecular weight is 275 g/mol. The van der Waals surface area contributed by atoms with Crippen molar-refractivity contribution in [2.75, 3.05) is 26.2 Å². The van der Waals surface area contributed by atoms with Gasteiger partial charge in [-0.25, -0.2) is 0 Å². The molecule has 0 radical (unpaired) electrons. The fourth-order valence-electron chi connectivity index (χ4n) is 2.83. The molecule has 110 valence electrons. The topological polar surface area (TPSA) is 45.2 Å². The maximum absolute atomic E-state index is 12.6. The number of nitrogens with one attached hydrogen (secondary N) is 1. The molecule has 2 heterocycles. The molecule has 0 aliphatic carbocycles. The smallest absolute Gasteiger partial charge is 0.255 e. The molecule has 1 unspecified atom stereocenters. The predicted molar refractivity (Wildman–Crippen MR) is 80.9 cm³/mol. The summed E-state index contributed by atoms with van der Waals surface area (Å²) in [4.78, 5) is 19.0. The number of hydrogen-bond donors (Lipinski definition) is 1. The summed E-state index contributed by atoms with van der Waals surface area (Å²) in [5, 5.41) is 3.41. The number of carbonyl (C=O) groups excluding carboxylic acids is 1. The van der Waals surface area contributed by atoms with Crippen LogP contribution < -0.4 is 5.32 Å². The molecule has 2 rings (SSSR count). The van der Waals surface area contributed by atoms with Gasteiger partial charge in [-0.3, -0.25) is 9.78 Å². The van der Waals surface area contributed by atoms with Crippen LogP contribution in [0.2, 0.25) is 0 Å². The highest BCUT2D eigenvalue weighted by Crippen LogP contribution is 2.15. The number of hydrogen-bond acceptors (Lipinski definition) is 3. The third kappa shape index (κ3) is 3.57. The summed E-state index contributed by atoms with van der Waals surface area (Å²) in [6.07, 6.45) is 2.42. The first-order chi connectivity index (χ1) is 9.61. The van der Waals surface area contributed by atoms with Crippen LogP contribution >= 0.6 is 0 Å². The van der Waals surface area contributed by atoms with Crippen molar-refractivity contribution in [2.45, 2.75) is 33.6 Å². The number of nitrogens with zero attached hydrogens (tertiary/aromatic N) is 2. The van der Waals surface area contributed by atoms with E-state index in [0.29, 0.717) is 5.92 Å². The number of piperidine rings is 1. The van der Waals surface area contributed by atoms with Crippen molar-refractivity contribution in [2.24, 2.45) is 5.92 Å². The van der Waals surface area contributed by atoms with Crippen LogP contribution in [0.25, 0.3) is 0 Å². The zero-order valence-electron chi connectivity index (χ0n) is 12.8. The molecule has 0 bridgehead atoms. The van der Waals surface area contributed by atoms with Gasteiger partial charge in [0.15, 0.2) is 0 Å². The van der Waals surface area contributed by atoms with Crippen molar-refractivity contribution < 1.29 is 4.79 Å². The molecule has 1 saturated heterocycles. The Labute approximate surface area is 121 Å². The molecule has 0 saturated carbocycles. The number of pyridine rings is 1. The van der Waals surface area contributed by atoms with E-state index in [1.807, 2.05) is 37.8 Å². The summed E-state index contributed by atoms with van der Waals surface area (Å²) in [6.45, 7) is 9.64. The molecule has 0 aromatic carbocycles. The molecule has 1 N–H and O–H groups in total. The van der Waals surface area contributed by atoms with Gasteiger partial charge in [-0.1, -0.05) is 0 Å². The van der Waals surface area contributed by atoms with Gasteiger partial charge in [-0.05, 0) is 64.8 Å². The van der Waals surface area contributed by atoms with Crippen LogP contribution in [-0.4, -0.2) is 42.0 Å². The first-order valence-electron chi connectivity index (χ1n) is 7.56. The molecule has 1 aliphatic rings. The maximum atomic E-state index is 12.6. The standard InChI is InChI=1S/C16H25N3O/c1-4-19(11-14-6-5-9-17-10-14)16(20)15-8-7-12(2)18-13(15)3/h7-8,14,17H,4-6,9-11H2,1-3H3. The van der Waals surface area contributed by atoms with Crippen LogP contribution in [0.4, 0.5) is 0 Å². The normalized spacial score (nSPS) is 18.9. The Morgan fingerprint density at radius 1 is 1.45 bits per heavy atom. The van der Waals surface area contributed by atoms with Crippen molar-refractivity contribution in [3.8, 4) is 0 Å². The Morgan fingerprint density at radius 3 is 2.85 bits per heavy atom. The lowest BCUT2D eigenvalue weighted by Crippen LogP contribution is -2.41. The lowest BCUT2D eigenvalue weighted by molar-refractivity contribution is 0.0728. The van der Waals surface area contributed by atoms with Gasteiger partial charge in [-0.2, -0.15) is 0 Å². The van der Waals surface area contributed by atoms with Crippen molar-refractivity contribution in [3.63, 3.8) is 0 Å². The monoisotopic (exact) mass is 275 g/mol. The Morgan fingerprint density at radius 2 is 2.25 bits per heavy atom. The minimum absolute atomic E-state index is 0.114. The quantitative estimate of drug-likeness (QED) is 0.916. The molecule has 1 fully saturated rings. The van der Waals surface area contributed by atoms with Gasteiger partial charge in [0.2, 0.25) is 0 Å². The predicted octanol–water partition coefficient (Wildman–Crippen LogP) is 2.16. The second-order valence-corrected chi connectivity index (χ2v) is 5.64. The fraction of sp³-hybridized carbons (Fsp3) is 0.625. The Bertz CT molecular complexity index is 467.